The summed E-state index contributed by atoms with van der Waals surface area (Å²) < 4.78 is 0. The Morgan fingerprint density at radius 2 is 1.93 bits per heavy atom. The van der Waals surface area contributed by atoms with E-state index in [1.165, 1.54) is 0 Å². The van der Waals surface area contributed by atoms with Crippen molar-refractivity contribution in [1.82, 2.24) is 5.48 Å². The first kappa shape index (κ1) is 13.2. The highest BCUT2D eigenvalue weighted by atomic mass is 32.1. The maximum atomic E-state index is 10.8. The number of aliphatic hydroxyl groups excluding tert-OH is 2. The van der Waals surface area contributed by atoms with Gasteiger partial charge in [-0.3, -0.25) is 0 Å². The summed E-state index contributed by atoms with van der Waals surface area (Å²) in [5.41, 5.74) is 2.12. The number of carbonyl (C=O) groups excluding carboxylic acids is 1. The van der Waals surface area contributed by atoms with Crippen LogP contribution in [0.15, 0.2) is 0 Å². The minimum atomic E-state index is -2.19. The van der Waals surface area contributed by atoms with Crippen molar-refractivity contribution in [2.24, 2.45) is 0 Å². The van der Waals surface area contributed by atoms with Gasteiger partial charge in [-0.2, -0.15) is 18.1 Å². The molecule has 0 saturated heterocycles. The molecule has 2 atom stereocenters. The lowest BCUT2D eigenvalue weighted by atomic mass is 10.2. The normalized spacial score (nSPS) is 14.5. The summed E-state index contributed by atoms with van der Waals surface area (Å²) in [5.74, 6) is -2.57. The number of carboxylic acids is 1. The number of carbonyl (C=O) groups is 2. The van der Waals surface area contributed by atoms with E-state index in [1.807, 2.05) is 0 Å². The summed E-state index contributed by atoms with van der Waals surface area (Å²) in [6.45, 7) is 0.241. The Morgan fingerprint density at radius 3 is 2.36 bits per heavy atom. The number of hydrogen-bond acceptors (Lipinski definition) is 7. The molecule has 8 heteroatoms. The molecule has 4 N–H and O–H groups in total. The molecule has 0 aliphatic rings. The summed E-state index contributed by atoms with van der Waals surface area (Å²) in [4.78, 5) is 25.1. The zero-order valence-corrected chi connectivity index (χ0v) is 7.98. The molecule has 0 rings (SSSR count). The maximum absolute atomic E-state index is 10.8. The van der Waals surface area contributed by atoms with Gasteiger partial charge >= 0.3 is 11.9 Å². The van der Waals surface area contributed by atoms with E-state index in [4.69, 9.17) is 15.3 Å². The number of carboxylic acid groups (broad SMARTS) is 1. The van der Waals surface area contributed by atoms with Gasteiger partial charge in [-0.25, -0.2) is 9.59 Å². The SMILES string of the molecule is O=C(O)C(O)C(O)C(=O)ONCCS. The second-order valence-corrected chi connectivity index (χ2v) is 2.71. The number of thiol groups is 1. The highest BCUT2D eigenvalue weighted by Gasteiger charge is 2.31. The van der Waals surface area contributed by atoms with E-state index in [-0.39, 0.29) is 6.54 Å². The van der Waals surface area contributed by atoms with Crippen LogP contribution in [-0.2, 0) is 14.4 Å². The molecule has 0 amide bonds. The first-order valence-electron chi connectivity index (χ1n) is 3.64. The van der Waals surface area contributed by atoms with E-state index >= 15 is 0 Å². The van der Waals surface area contributed by atoms with Gasteiger partial charge in [0.1, 0.15) is 0 Å². The van der Waals surface area contributed by atoms with Crippen LogP contribution in [0.1, 0.15) is 0 Å². The molecule has 0 aliphatic heterocycles. The molecule has 7 nitrogen and oxygen atoms in total. The summed E-state index contributed by atoms with van der Waals surface area (Å²) in [7, 11) is 0. The summed E-state index contributed by atoms with van der Waals surface area (Å²) in [6.07, 6.45) is -4.31. The van der Waals surface area contributed by atoms with Crippen LogP contribution in [0, 0.1) is 0 Å². The smallest absolute Gasteiger partial charge is 0.356 e. The highest BCUT2D eigenvalue weighted by molar-refractivity contribution is 7.80. The van der Waals surface area contributed by atoms with E-state index in [0.717, 1.165) is 0 Å². The van der Waals surface area contributed by atoms with Gasteiger partial charge < -0.3 is 20.2 Å². The summed E-state index contributed by atoms with van der Waals surface area (Å²) >= 11 is 3.79. The van der Waals surface area contributed by atoms with Crippen molar-refractivity contribution in [3.8, 4) is 0 Å². The third kappa shape index (κ3) is 4.42. The van der Waals surface area contributed by atoms with Crippen LogP contribution >= 0.6 is 12.6 Å². The molecule has 0 aliphatic carbocycles. The molecule has 0 aromatic rings. The molecule has 0 spiro atoms. The van der Waals surface area contributed by atoms with Gasteiger partial charge in [0.25, 0.3) is 0 Å². The van der Waals surface area contributed by atoms with Gasteiger partial charge in [0, 0.05) is 12.3 Å². The lowest BCUT2D eigenvalue weighted by Crippen LogP contribution is -2.42. The second-order valence-electron chi connectivity index (χ2n) is 2.27. The third-order valence-corrected chi connectivity index (χ3v) is 1.40. The minimum absolute atomic E-state index is 0.241. The zero-order valence-electron chi connectivity index (χ0n) is 7.08. The van der Waals surface area contributed by atoms with Gasteiger partial charge in [0.05, 0.1) is 0 Å². The number of nitrogens with one attached hydrogen (secondary N) is 1. The Bertz CT molecular complexity index is 210. The fourth-order valence-electron chi connectivity index (χ4n) is 0.492. The molecule has 0 aromatic heterocycles. The number of hydrogen-bond donors (Lipinski definition) is 5. The maximum Gasteiger partial charge on any atom is 0.356 e. The van der Waals surface area contributed by atoms with Crippen molar-refractivity contribution in [3.05, 3.63) is 0 Å². The van der Waals surface area contributed by atoms with Crippen LogP contribution in [0.25, 0.3) is 0 Å². The minimum Gasteiger partial charge on any atom is -0.479 e. The van der Waals surface area contributed by atoms with Crippen LogP contribution < -0.4 is 5.48 Å². The Labute approximate surface area is 85.0 Å². The van der Waals surface area contributed by atoms with Crippen molar-refractivity contribution in [2.45, 2.75) is 12.2 Å². The van der Waals surface area contributed by atoms with Gasteiger partial charge in [0.2, 0.25) is 0 Å². The van der Waals surface area contributed by atoms with Crippen LogP contribution in [0.3, 0.4) is 0 Å². The third-order valence-electron chi connectivity index (χ3n) is 1.18. The van der Waals surface area contributed by atoms with Crippen molar-refractivity contribution in [2.75, 3.05) is 12.3 Å². The number of aliphatic hydroxyl groups is 2. The van der Waals surface area contributed by atoms with Crippen molar-refractivity contribution in [3.63, 3.8) is 0 Å². The number of rotatable bonds is 6. The van der Waals surface area contributed by atoms with E-state index < -0.39 is 24.1 Å². The molecule has 2 unspecified atom stereocenters. The topological polar surface area (TPSA) is 116 Å². The summed E-state index contributed by atoms with van der Waals surface area (Å²) in [5, 5.41) is 25.8. The number of aliphatic carboxylic acids is 1. The fourth-order valence-corrected chi connectivity index (χ4v) is 0.583. The monoisotopic (exact) mass is 225 g/mol. The van der Waals surface area contributed by atoms with Gasteiger partial charge in [-0.15, -0.1) is 0 Å². The molecule has 0 bridgehead atoms. The molecule has 82 valence electrons. The predicted molar refractivity (Wildman–Crippen MR) is 47.6 cm³/mol. The molecule has 0 radical (unpaired) electrons. The largest absolute Gasteiger partial charge is 0.479 e. The second kappa shape index (κ2) is 6.60. The molecular weight excluding hydrogens is 214 g/mol. The predicted octanol–water partition coefficient (Wildman–Crippen LogP) is -2.23. The van der Waals surface area contributed by atoms with Crippen molar-refractivity contribution < 1.29 is 29.7 Å². The molecule has 0 saturated carbocycles. The Kier molecular flexibility index (Phi) is 6.21. The quantitative estimate of drug-likeness (QED) is 0.197. The van der Waals surface area contributed by atoms with Crippen molar-refractivity contribution >= 4 is 24.6 Å². The molecular formula is C6H11NO6S. The van der Waals surface area contributed by atoms with Crippen LogP contribution in [0.4, 0.5) is 0 Å². The standard InChI is InChI=1S/C6H11NO6S/c8-3(5(10)11)4(9)6(12)13-7-1-2-14/h3-4,7-9,14H,1-2H2,(H,10,11). The highest BCUT2D eigenvalue weighted by Crippen LogP contribution is 1.95. The van der Waals surface area contributed by atoms with Crippen LogP contribution in [-0.4, -0.2) is 51.8 Å². The van der Waals surface area contributed by atoms with E-state index in [1.54, 1.807) is 0 Å². The lowest BCUT2D eigenvalue weighted by Gasteiger charge is -2.12. The summed E-state index contributed by atoms with van der Waals surface area (Å²) in [6, 6.07) is 0. The average Bonchev–Trinajstić information content (AvgIpc) is 2.15. The average molecular weight is 225 g/mol. The van der Waals surface area contributed by atoms with E-state index in [0.29, 0.717) is 5.75 Å². The Morgan fingerprint density at radius 1 is 1.36 bits per heavy atom. The van der Waals surface area contributed by atoms with Crippen molar-refractivity contribution in [1.29, 1.82) is 0 Å². The van der Waals surface area contributed by atoms with E-state index in [9.17, 15) is 9.59 Å². The van der Waals surface area contributed by atoms with E-state index in [2.05, 4.69) is 22.9 Å². The first-order valence-corrected chi connectivity index (χ1v) is 4.27. The fraction of sp³-hybridized carbons (Fsp3) is 0.667. The van der Waals surface area contributed by atoms with Crippen LogP contribution in [0.2, 0.25) is 0 Å². The molecule has 14 heavy (non-hydrogen) atoms. The Balaban J connectivity index is 3.92. The molecule has 0 fully saturated rings. The zero-order chi connectivity index (χ0) is 11.1. The molecule has 0 aromatic carbocycles. The van der Waals surface area contributed by atoms with Gasteiger partial charge in [-0.05, 0) is 0 Å². The van der Waals surface area contributed by atoms with Crippen LogP contribution in [0.5, 0.6) is 0 Å². The first-order chi connectivity index (χ1) is 6.50. The Hall–Kier alpha value is -0.830. The molecule has 0 heterocycles. The number of hydroxylamine groups is 1. The van der Waals surface area contributed by atoms with Gasteiger partial charge in [0.15, 0.2) is 12.2 Å². The van der Waals surface area contributed by atoms with Gasteiger partial charge in [-0.1, -0.05) is 0 Å². The lowest BCUT2D eigenvalue weighted by molar-refractivity contribution is -0.174.